The average molecular weight is 259 g/mol. The van der Waals surface area contributed by atoms with Gasteiger partial charge in [0.15, 0.2) is 11.6 Å². The summed E-state index contributed by atoms with van der Waals surface area (Å²) in [4.78, 5) is 14.8. The van der Waals surface area contributed by atoms with Crippen LogP contribution in [0, 0.1) is 5.82 Å². The molecule has 1 aliphatic carbocycles. The molecule has 0 spiro atoms. The maximum Gasteiger partial charge on any atom is 0.350 e. The molecule has 3 atom stereocenters. The molecule has 100 valence electrons. The maximum atomic E-state index is 13.3. The number of hydrogen-bond donors (Lipinski definition) is 4. The van der Waals surface area contributed by atoms with Crippen molar-refractivity contribution >= 4 is 5.82 Å². The molecular weight excluding hydrogens is 245 g/mol. The smallest absolute Gasteiger partial charge is 0.350 e. The van der Waals surface area contributed by atoms with Gasteiger partial charge in [0, 0.05) is 12.6 Å². The lowest BCUT2D eigenvalue weighted by Crippen LogP contribution is -2.70. The molecule has 0 saturated heterocycles. The number of anilines is 1. The first-order chi connectivity index (χ1) is 8.23. The van der Waals surface area contributed by atoms with Crippen LogP contribution in [-0.2, 0) is 0 Å². The molecule has 0 bridgehead atoms. The number of nitrogens with two attached hydrogens (primary N) is 1. The van der Waals surface area contributed by atoms with Gasteiger partial charge < -0.3 is 21.1 Å². The number of hydrogen-bond acceptors (Lipinski definition) is 6. The lowest BCUT2D eigenvalue weighted by molar-refractivity contribution is -0.258. The molecule has 1 aromatic heterocycles. The second-order valence-corrected chi connectivity index (χ2v) is 4.72. The quantitative estimate of drug-likeness (QED) is 0.506. The van der Waals surface area contributed by atoms with E-state index >= 15 is 0 Å². The first-order valence-corrected chi connectivity index (χ1v) is 5.33. The Balaban J connectivity index is 2.42. The highest BCUT2D eigenvalue weighted by molar-refractivity contribution is 5.27. The second kappa shape index (κ2) is 3.74. The van der Waals surface area contributed by atoms with E-state index in [0.29, 0.717) is 0 Å². The number of aliphatic hydroxyl groups excluding tert-OH is 1. The highest BCUT2D eigenvalue weighted by Crippen LogP contribution is 2.49. The minimum absolute atomic E-state index is 0.0819. The lowest BCUT2D eigenvalue weighted by Gasteiger charge is -2.55. The Labute approximate surface area is 101 Å². The van der Waals surface area contributed by atoms with Crippen molar-refractivity contribution in [2.24, 2.45) is 0 Å². The Hall–Kier alpha value is -1.51. The van der Waals surface area contributed by atoms with Gasteiger partial charge in [-0.15, -0.1) is 0 Å². The van der Waals surface area contributed by atoms with E-state index in [1.54, 1.807) is 0 Å². The lowest BCUT2D eigenvalue weighted by atomic mass is 9.62. The van der Waals surface area contributed by atoms with Crippen LogP contribution in [0.25, 0.3) is 0 Å². The number of aromatic nitrogens is 2. The summed E-state index contributed by atoms with van der Waals surface area (Å²) in [7, 11) is 0. The minimum Gasteiger partial charge on any atom is -0.393 e. The molecule has 1 fully saturated rings. The summed E-state index contributed by atoms with van der Waals surface area (Å²) in [6.45, 7) is 0.605. The number of rotatable bonds is 2. The van der Waals surface area contributed by atoms with E-state index in [9.17, 15) is 19.4 Å². The molecule has 5 N–H and O–H groups in total. The Kier molecular flexibility index (Phi) is 2.69. The zero-order valence-electron chi connectivity index (χ0n) is 9.67. The van der Waals surface area contributed by atoms with Crippen molar-refractivity contribution in [1.29, 1.82) is 0 Å². The second-order valence-electron chi connectivity index (χ2n) is 4.72. The molecule has 0 aromatic carbocycles. The van der Waals surface area contributed by atoms with Crippen molar-refractivity contribution in [3.8, 4) is 0 Å². The van der Waals surface area contributed by atoms with Crippen LogP contribution in [0.5, 0.6) is 0 Å². The average Bonchev–Trinajstić information content (AvgIpc) is 2.30. The Morgan fingerprint density at radius 2 is 2.28 bits per heavy atom. The predicted molar refractivity (Wildman–Crippen MR) is 59.2 cm³/mol. The molecule has 1 aliphatic rings. The van der Waals surface area contributed by atoms with Gasteiger partial charge in [0.05, 0.1) is 12.6 Å². The van der Waals surface area contributed by atoms with Crippen molar-refractivity contribution in [2.45, 2.75) is 30.6 Å². The monoisotopic (exact) mass is 259 g/mol. The third kappa shape index (κ3) is 1.53. The van der Waals surface area contributed by atoms with Gasteiger partial charge in [-0.2, -0.15) is 4.98 Å². The summed E-state index contributed by atoms with van der Waals surface area (Å²) in [6.07, 6.45) is 0.752. The van der Waals surface area contributed by atoms with Crippen LogP contribution in [0.2, 0.25) is 0 Å². The van der Waals surface area contributed by atoms with Crippen molar-refractivity contribution in [1.82, 2.24) is 9.55 Å². The fourth-order valence-corrected chi connectivity index (χ4v) is 2.18. The number of nitrogens with zero attached hydrogens (tertiary/aromatic N) is 2. The third-order valence-corrected chi connectivity index (χ3v) is 3.65. The van der Waals surface area contributed by atoms with E-state index in [4.69, 9.17) is 10.8 Å². The first-order valence-electron chi connectivity index (χ1n) is 5.33. The van der Waals surface area contributed by atoms with Crippen LogP contribution in [0.15, 0.2) is 11.0 Å². The van der Waals surface area contributed by atoms with Crippen LogP contribution < -0.4 is 11.4 Å². The highest BCUT2D eigenvalue weighted by Gasteiger charge is 2.62. The van der Waals surface area contributed by atoms with E-state index in [1.807, 2.05) is 0 Å². The van der Waals surface area contributed by atoms with E-state index in [-0.39, 0.29) is 6.42 Å². The summed E-state index contributed by atoms with van der Waals surface area (Å²) in [5.41, 5.74) is 0.857. The third-order valence-electron chi connectivity index (χ3n) is 3.65. The summed E-state index contributed by atoms with van der Waals surface area (Å²) in [5, 5.41) is 28.9. The van der Waals surface area contributed by atoms with E-state index in [1.165, 1.54) is 6.92 Å². The summed E-state index contributed by atoms with van der Waals surface area (Å²) in [6, 6.07) is -0.871. The van der Waals surface area contributed by atoms with E-state index < -0.39 is 41.2 Å². The largest absolute Gasteiger partial charge is 0.393 e. The molecule has 1 heterocycles. The molecular formula is C10H14FN3O4. The van der Waals surface area contributed by atoms with Crippen LogP contribution in [-0.4, -0.2) is 42.7 Å². The van der Waals surface area contributed by atoms with Crippen molar-refractivity contribution < 1.29 is 19.7 Å². The van der Waals surface area contributed by atoms with Crippen molar-refractivity contribution in [2.75, 3.05) is 12.3 Å². The van der Waals surface area contributed by atoms with Crippen molar-refractivity contribution in [3.63, 3.8) is 0 Å². The number of aliphatic hydroxyl groups is 3. The Morgan fingerprint density at radius 3 is 2.78 bits per heavy atom. The van der Waals surface area contributed by atoms with Gasteiger partial charge in [0.25, 0.3) is 0 Å². The molecule has 1 saturated carbocycles. The Morgan fingerprint density at radius 1 is 1.67 bits per heavy atom. The van der Waals surface area contributed by atoms with Gasteiger partial charge in [-0.05, 0) is 6.92 Å². The van der Waals surface area contributed by atoms with Gasteiger partial charge in [-0.1, -0.05) is 0 Å². The van der Waals surface area contributed by atoms with E-state index in [2.05, 4.69) is 4.98 Å². The van der Waals surface area contributed by atoms with Gasteiger partial charge in [0.1, 0.15) is 11.2 Å². The van der Waals surface area contributed by atoms with Gasteiger partial charge in [-0.3, -0.25) is 4.57 Å². The van der Waals surface area contributed by atoms with E-state index in [0.717, 1.165) is 10.8 Å². The molecule has 7 nitrogen and oxygen atoms in total. The molecule has 0 unspecified atom stereocenters. The molecule has 0 radical (unpaired) electrons. The number of nitrogen functional groups attached to an aromatic ring is 1. The van der Waals surface area contributed by atoms with Crippen molar-refractivity contribution in [3.05, 3.63) is 22.5 Å². The zero-order valence-corrected chi connectivity index (χ0v) is 9.67. The molecule has 8 heteroatoms. The molecule has 0 amide bonds. The van der Waals surface area contributed by atoms with Crippen LogP contribution in [0.3, 0.4) is 0 Å². The van der Waals surface area contributed by atoms with Gasteiger partial charge in [0.2, 0.25) is 0 Å². The molecule has 0 aliphatic heterocycles. The highest BCUT2D eigenvalue weighted by atomic mass is 19.1. The Bertz CT molecular complexity index is 544. The summed E-state index contributed by atoms with van der Waals surface area (Å²) < 4.78 is 14.1. The van der Waals surface area contributed by atoms with Crippen LogP contribution in [0.4, 0.5) is 10.2 Å². The minimum atomic E-state index is -1.75. The number of halogens is 1. The molecule has 2 rings (SSSR count). The molecule has 1 aromatic rings. The standard InChI is InChI=1S/C10H14FN3O4/c1-9(17)6(2-10(9,18)4-15)14-3-5(11)7(12)13-8(14)16/h3,6,15,17-18H,2,4H2,1H3,(H2,12,13,16)/t6-,9+,10+/m1/s1. The molecule has 18 heavy (non-hydrogen) atoms. The van der Waals surface area contributed by atoms with Gasteiger partial charge >= 0.3 is 5.69 Å². The SMILES string of the molecule is C[C@]1(O)[C@H](n2cc(F)c(N)nc2=O)C[C@]1(O)CO. The summed E-state index contributed by atoms with van der Waals surface area (Å²) in [5.74, 6) is -1.41. The fourth-order valence-electron chi connectivity index (χ4n) is 2.18. The zero-order chi connectivity index (χ0) is 13.7. The fraction of sp³-hybridized carbons (Fsp3) is 0.600. The summed E-state index contributed by atoms with van der Waals surface area (Å²) >= 11 is 0. The van der Waals surface area contributed by atoms with Crippen LogP contribution in [0.1, 0.15) is 19.4 Å². The van der Waals surface area contributed by atoms with Gasteiger partial charge in [-0.25, -0.2) is 9.18 Å². The first kappa shape index (κ1) is 12.9. The maximum absolute atomic E-state index is 13.3. The normalized spacial score (nSPS) is 35.3. The predicted octanol–water partition coefficient (Wildman–Crippen LogP) is -1.62. The van der Waals surface area contributed by atoms with Crippen LogP contribution >= 0.6 is 0 Å². The topological polar surface area (TPSA) is 122 Å².